The van der Waals surface area contributed by atoms with Crippen molar-refractivity contribution in [2.75, 3.05) is 19.1 Å². The number of amides is 2. The Hall–Kier alpha value is -2.41. The lowest BCUT2D eigenvalue weighted by molar-refractivity contribution is -0.123. The summed E-state index contributed by atoms with van der Waals surface area (Å²) in [6.07, 6.45) is 2.50. The van der Waals surface area contributed by atoms with E-state index >= 15 is 0 Å². The molecule has 0 fully saturated rings. The van der Waals surface area contributed by atoms with Crippen LogP contribution in [0.2, 0.25) is 0 Å². The lowest BCUT2D eigenvalue weighted by Gasteiger charge is -2.21. The van der Waals surface area contributed by atoms with Crippen LogP contribution in [0.15, 0.2) is 34.7 Å². The molecule has 2 atom stereocenters. The summed E-state index contributed by atoms with van der Waals surface area (Å²) in [6, 6.07) is 8.02. The number of benzene rings is 1. The number of carbonyl (C=O) groups excluding carboxylic acids is 2. The molecule has 0 aliphatic rings. The van der Waals surface area contributed by atoms with E-state index in [2.05, 4.69) is 10.6 Å². The molecule has 2 rings (SSSR count). The van der Waals surface area contributed by atoms with Crippen molar-refractivity contribution in [3.05, 3.63) is 53.0 Å². The van der Waals surface area contributed by atoms with Crippen molar-refractivity contribution < 1.29 is 18.7 Å². The van der Waals surface area contributed by atoms with Gasteiger partial charge in [-0.3, -0.25) is 9.59 Å². The Balaban J connectivity index is 2.12. The monoisotopic (exact) mass is 404 g/mol. The van der Waals surface area contributed by atoms with Crippen LogP contribution in [-0.2, 0) is 4.79 Å². The molecule has 0 saturated heterocycles. The highest BCUT2D eigenvalue weighted by molar-refractivity contribution is 7.98. The highest BCUT2D eigenvalue weighted by atomic mass is 32.2. The molecule has 2 aromatic rings. The van der Waals surface area contributed by atoms with E-state index < -0.39 is 6.04 Å². The zero-order valence-corrected chi connectivity index (χ0v) is 17.8. The van der Waals surface area contributed by atoms with Crippen LogP contribution in [0.4, 0.5) is 0 Å². The first-order valence-corrected chi connectivity index (χ1v) is 10.6. The highest BCUT2D eigenvalue weighted by Gasteiger charge is 2.25. The van der Waals surface area contributed by atoms with Crippen LogP contribution < -0.4 is 15.4 Å². The van der Waals surface area contributed by atoms with Crippen molar-refractivity contribution in [3.63, 3.8) is 0 Å². The molecule has 0 aliphatic heterocycles. The average Bonchev–Trinajstić information content (AvgIpc) is 3.02. The molecule has 1 aromatic heterocycles. The molecule has 6 nitrogen and oxygen atoms in total. The van der Waals surface area contributed by atoms with Crippen LogP contribution in [0.1, 0.15) is 46.8 Å². The minimum atomic E-state index is -0.638. The molecule has 2 N–H and O–H groups in total. The Morgan fingerprint density at radius 3 is 2.54 bits per heavy atom. The predicted molar refractivity (Wildman–Crippen MR) is 112 cm³/mol. The smallest absolute Gasteiger partial charge is 0.255 e. The third-order valence-electron chi connectivity index (χ3n) is 4.49. The number of methoxy groups -OCH3 is 1. The molecule has 0 aliphatic carbocycles. The largest absolute Gasteiger partial charge is 0.496 e. The summed E-state index contributed by atoms with van der Waals surface area (Å²) in [5.41, 5.74) is 1.34. The molecule has 1 aromatic carbocycles. The van der Waals surface area contributed by atoms with Gasteiger partial charge in [-0.05, 0) is 57.4 Å². The van der Waals surface area contributed by atoms with Gasteiger partial charge in [-0.15, -0.1) is 0 Å². The maximum Gasteiger partial charge on any atom is 0.255 e. The van der Waals surface area contributed by atoms with Crippen molar-refractivity contribution in [1.29, 1.82) is 0 Å². The molecule has 0 spiro atoms. The van der Waals surface area contributed by atoms with Gasteiger partial charge >= 0.3 is 0 Å². The van der Waals surface area contributed by atoms with Gasteiger partial charge in [0.1, 0.15) is 23.3 Å². The van der Waals surface area contributed by atoms with Gasteiger partial charge in [0.15, 0.2) is 0 Å². The van der Waals surface area contributed by atoms with Crippen molar-refractivity contribution in [2.45, 2.75) is 39.3 Å². The summed E-state index contributed by atoms with van der Waals surface area (Å²) in [4.78, 5) is 25.6. The lowest BCUT2D eigenvalue weighted by Crippen LogP contribution is -2.47. The lowest BCUT2D eigenvalue weighted by atomic mass is 10.1. The van der Waals surface area contributed by atoms with E-state index in [1.807, 2.05) is 33.1 Å². The van der Waals surface area contributed by atoms with E-state index in [9.17, 15) is 9.59 Å². The van der Waals surface area contributed by atoms with Gasteiger partial charge in [0, 0.05) is 5.56 Å². The Morgan fingerprint density at radius 1 is 1.21 bits per heavy atom. The Labute approximate surface area is 170 Å². The van der Waals surface area contributed by atoms with Crippen LogP contribution in [0.3, 0.4) is 0 Å². The quantitative estimate of drug-likeness (QED) is 0.667. The minimum Gasteiger partial charge on any atom is -0.496 e. The van der Waals surface area contributed by atoms with Gasteiger partial charge in [0.2, 0.25) is 5.91 Å². The van der Waals surface area contributed by atoms with Gasteiger partial charge < -0.3 is 19.8 Å². The van der Waals surface area contributed by atoms with Crippen molar-refractivity contribution in [3.8, 4) is 5.75 Å². The first-order chi connectivity index (χ1) is 13.4. The number of furan rings is 1. The number of para-hydroxylation sites is 1. The normalized spacial score (nSPS) is 12.9. The molecule has 2 amide bonds. The van der Waals surface area contributed by atoms with E-state index in [1.165, 1.54) is 7.11 Å². The maximum atomic E-state index is 12.9. The minimum absolute atomic E-state index is 0.218. The van der Waals surface area contributed by atoms with Gasteiger partial charge in [-0.25, -0.2) is 0 Å². The topological polar surface area (TPSA) is 80.6 Å². The molecule has 7 heteroatoms. The third-order valence-corrected chi connectivity index (χ3v) is 5.13. The van der Waals surface area contributed by atoms with Gasteiger partial charge in [0.25, 0.3) is 5.91 Å². The van der Waals surface area contributed by atoms with Crippen LogP contribution >= 0.6 is 11.8 Å². The number of carbonyl (C=O) groups is 2. The second kappa shape index (κ2) is 10.2. The summed E-state index contributed by atoms with van der Waals surface area (Å²) < 4.78 is 10.8. The fourth-order valence-electron chi connectivity index (χ4n) is 3.04. The fraction of sp³-hybridized carbons (Fsp3) is 0.429. The number of ether oxygens (including phenoxy) is 1. The van der Waals surface area contributed by atoms with E-state index in [1.54, 1.807) is 36.0 Å². The molecule has 28 heavy (non-hydrogen) atoms. The predicted octanol–water partition coefficient (Wildman–Crippen LogP) is 3.63. The molecule has 1 heterocycles. The van der Waals surface area contributed by atoms with E-state index in [0.29, 0.717) is 17.7 Å². The second-order valence-electron chi connectivity index (χ2n) is 6.61. The molecular formula is C21H28N2O4S. The van der Waals surface area contributed by atoms with Gasteiger partial charge in [0.05, 0.1) is 18.7 Å². The molecule has 0 bridgehead atoms. The van der Waals surface area contributed by atoms with E-state index in [4.69, 9.17) is 9.15 Å². The summed E-state index contributed by atoms with van der Waals surface area (Å²) >= 11 is 1.63. The van der Waals surface area contributed by atoms with Crippen LogP contribution in [0.25, 0.3) is 0 Å². The number of thioether (sulfide) groups is 1. The highest BCUT2D eigenvalue weighted by Crippen LogP contribution is 2.22. The van der Waals surface area contributed by atoms with Crippen LogP contribution in [0, 0.1) is 13.8 Å². The summed E-state index contributed by atoms with van der Waals surface area (Å²) in [6.45, 7) is 5.66. The molecule has 0 radical (unpaired) electrons. The van der Waals surface area contributed by atoms with Crippen LogP contribution in [0.5, 0.6) is 5.75 Å². The molecule has 152 valence electrons. The summed E-state index contributed by atoms with van der Waals surface area (Å²) in [7, 11) is 1.51. The van der Waals surface area contributed by atoms with Gasteiger partial charge in [-0.1, -0.05) is 12.1 Å². The fourth-order valence-corrected chi connectivity index (χ4v) is 3.52. The number of aryl methyl sites for hydroxylation is 2. The van der Waals surface area contributed by atoms with Crippen LogP contribution in [-0.4, -0.2) is 37.0 Å². The van der Waals surface area contributed by atoms with Crippen molar-refractivity contribution in [2.24, 2.45) is 0 Å². The standard InChI is InChI=1S/C21H28N2O4S/c1-13-12-17(15(3)27-13)14(2)22-21(25)18(10-11-28-5)23-20(24)16-8-6-7-9-19(16)26-4/h6-9,12,14,18H,10-11H2,1-5H3,(H,22,25)(H,23,24). The van der Waals surface area contributed by atoms with Crippen molar-refractivity contribution >= 4 is 23.6 Å². The Kier molecular flexibility index (Phi) is 7.99. The molecular weight excluding hydrogens is 376 g/mol. The maximum absolute atomic E-state index is 12.9. The van der Waals surface area contributed by atoms with E-state index in [0.717, 1.165) is 22.8 Å². The number of rotatable bonds is 9. The second-order valence-corrected chi connectivity index (χ2v) is 7.59. The SMILES string of the molecule is COc1ccccc1C(=O)NC(CCSC)C(=O)NC(C)c1cc(C)oc1C. The van der Waals surface area contributed by atoms with Crippen molar-refractivity contribution in [1.82, 2.24) is 10.6 Å². The number of nitrogens with one attached hydrogen (secondary N) is 2. The van der Waals surface area contributed by atoms with Gasteiger partial charge in [-0.2, -0.15) is 11.8 Å². The van der Waals surface area contributed by atoms with E-state index in [-0.39, 0.29) is 17.9 Å². The zero-order chi connectivity index (χ0) is 20.7. The average molecular weight is 405 g/mol. The Morgan fingerprint density at radius 2 is 1.93 bits per heavy atom. The summed E-state index contributed by atoms with van der Waals surface area (Å²) in [5, 5.41) is 5.84. The summed E-state index contributed by atoms with van der Waals surface area (Å²) in [5.74, 6) is 2.26. The Bertz CT molecular complexity index is 818. The molecule has 2 unspecified atom stereocenters. The molecule has 0 saturated carbocycles. The first kappa shape index (κ1) is 21.9. The zero-order valence-electron chi connectivity index (χ0n) is 17.0. The first-order valence-electron chi connectivity index (χ1n) is 9.17. The number of hydrogen-bond donors (Lipinski definition) is 2. The third kappa shape index (κ3) is 5.55. The number of hydrogen-bond acceptors (Lipinski definition) is 5.